The maximum atomic E-state index is 13.7. The average Bonchev–Trinajstić information content (AvgIpc) is 2.31. The average molecular weight is 244 g/mol. The first-order valence-corrected chi connectivity index (χ1v) is 5.62. The second kappa shape index (κ2) is 6.07. The number of halogens is 2. The Morgan fingerprint density at radius 1 is 1.29 bits per heavy atom. The predicted molar refractivity (Wildman–Crippen MR) is 61.8 cm³/mol. The van der Waals surface area contributed by atoms with E-state index in [-0.39, 0.29) is 18.1 Å². The first kappa shape index (κ1) is 14.1. The number of methoxy groups -OCH3 is 1. The van der Waals surface area contributed by atoms with Crippen molar-refractivity contribution in [3.8, 4) is 0 Å². The largest absolute Gasteiger partial charge is 0.388 e. The van der Waals surface area contributed by atoms with Crippen LogP contribution in [0.3, 0.4) is 0 Å². The SMILES string of the molecule is COC(C)CCC(O)c1c(F)ccc(C)c1F. The van der Waals surface area contributed by atoms with Crippen LogP contribution in [0.25, 0.3) is 0 Å². The molecule has 0 aliphatic rings. The molecule has 0 heterocycles. The predicted octanol–water partition coefficient (Wildman–Crippen LogP) is 3.12. The van der Waals surface area contributed by atoms with E-state index in [0.29, 0.717) is 12.0 Å². The van der Waals surface area contributed by atoms with E-state index in [4.69, 9.17) is 4.74 Å². The summed E-state index contributed by atoms with van der Waals surface area (Å²) in [6, 6.07) is 2.54. The van der Waals surface area contributed by atoms with Crippen molar-refractivity contribution in [1.82, 2.24) is 0 Å². The molecule has 17 heavy (non-hydrogen) atoms. The third kappa shape index (κ3) is 3.48. The van der Waals surface area contributed by atoms with Crippen LogP contribution in [0.2, 0.25) is 0 Å². The summed E-state index contributed by atoms with van der Waals surface area (Å²) in [5, 5.41) is 9.82. The van der Waals surface area contributed by atoms with Crippen LogP contribution in [0.4, 0.5) is 8.78 Å². The van der Waals surface area contributed by atoms with Gasteiger partial charge in [-0.2, -0.15) is 0 Å². The Bertz CT molecular complexity index is 380. The minimum atomic E-state index is -1.13. The summed E-state index contributed by atoms with van der Waals surface area (Å²) in [5.74, 6) is -1.37. The van der Waals surface area contributed by atoms with Crippen LogP contribution in [0, 0.1) is 18.6 Å². The molecule has 2 atom stereocenters. The molecule has 0 fully saturated rings. The lowest BCUT2D eigenvalue weighted by molar-refractivity contribution is 0.0828. The second-order valence-electron chi connectivity index (χ2n) is 4.23. The van der Waals surface area contributed by atoms with E-state index < -0.39 is 17.7 Å². The number of rotatable bonds is 5. The Morgan fingerprint density at radius 3 is 2.53 bits per heavy atom. The second-order valence-corrected chi connectivity index (χ2v) is 4.23. The molecule has 0 bridgehead atoms. The number of ether oxygens (including phenoxy) is 1. The fourth-order valence-electron chi connectivity index (χ4n) is 1.64. The first-order chi connectivity index (χ1) is 7.97. The van der Waals surface area contributed by atoms with Crippen LogP contribution in [0.1, 0.15) is 37.0 Å². The van der Waals surface area contributed by atoms with Crippen molar-refractivity contribution in [2.45, 2.75) is 38.9 Å². The maximum Gasteiger partial charge on any atom is 0.134 e. The highest BCUT2D eigenvalue weighted by atomic mass is 19.1. The Morgan fingerprint density at radius 2 is 1.94 bits per heavy atom. The van der Waals surface area contributed by atoms with Gasteiger partial charge in [-0.3, -0.25) is 0 Å². The number of hydrogen-bond acceptors (Lipinski definition) is 2. The molecule has 0 aliphatic heterocycles. The molecule has 1 aromatic rings. The van der Waals surface area contributed by atoms with Gasteiger partial charge < -0.3 is 9.84 Å². The van der Waals surface area contributed by atoms with Crippen LogP contribution in [0.5, 0.6) is 0 Å². The summed E-state index contributed by atoms with van der Waals surface area (Å²) in [5.41, 5.74) is 0.0912. The number of aryl methyl sites for hydroxylation is 1. The Kier molecular flexibility index (Phi) is 5.02. The molecular formula is C13H18F2O2. The highest BCUT2D eigenvalue weighted by Crippen LogP contribution is 2.26. The van der Waals surface area contributed by atoms with Crippen molar-refractivity contribution in [3.05, 3.63) is 34.9 Å². The molecule has 2 nitrogen and oxygen atoms in total. The van der Waals surface area contributed by atoms with Gasteiger partial charge in [0.15, 0.2) is 0 Å². The molecule has 0 aliphatic carbocycles. The van der Waals surface area contributed by atoms with E-state index in [2.05, 4.69) is 0 Å². The monoisotopic (exact) mass is 244 g/mol. The summed E-state index contributed by atoms with van der Waals surface area (Å²) in [6.45, 7) is 3.39. The highest BCUT2D eigenvalue weighted by Gasteiger charge is 2.19. The van der Waals surface area contributed by atoms with Gasteiger partial charge in [-0.05, 0) is 38.3 Å². The lowest BCUT2D eigenvalue weighted by Crippen LogP contribution is -2.10. The van der Waals surface area contributed by atoms with Gasteiger partial charge in [0.1, 0.15) is 11.6 Å². The van der Waals surface area contributed by atoms with E-state index >= 15 is 0 Å². The van der Waals surface area contributed by atoms with Gasteiger partial charge in [-0.15, -0.1) is 0 Å². The lowest BCUT2D eigenvalue weighted by Gasteiger charge is -2.16. The van der Waals surface area contributed by atoms with Crippen molar-refractivity contribution < 1.29 is 18.6 Å². The third-order valence-electron chi connectivity index (χ3n) is 2.90. The van der Waals surface area contributed by atoms with Crippen LogP contribution in [-0.2, 0) is 4.74 Å². The number of hydrogen-bond donors (Lipinski definition) is 1. The summed E-state index contributed by atoms with van der Waals surface area (Å²) >= 11 is 0. The Hall–Kier alpha value is -1.00. The Balaban J connectivity index is 2.81. The summed E-state index contributed by atoms with van der Waals surface area (Å²) < 4.78 is 32.2. The van der Waals surface area contributed by atoms with Gasteiger partial charge in [-0.1, -0.05) is 6.07 Å². The standard InChI is InChI=1S/C13H18F2O2/c1-8-4-6-10(14)12(13(8)15)11(16)7-5-9(2)17-3/h4,6,9,11,16H,5,7H2,1-3H3. The molecule has 0 amide bonds. The summed E-state index contributed by atoms with van der Waals surface area (Å²) in [4.78, 5) is 0. The van der Waals surface area contributed by atoms with Gasteiger partial charge in [0.05, 0.1) is 17.8 Å². The topological polar surface area (TPSA) is 29.5 Å². The zero-order valence-electron chi connectivity index (χ0n) is 10.3. The molecule has 0 saturated carbocycles. The van der Waals surface area contributed by atoms with Crippen molar-refractivity contribution in [2.24, 2.45) is 0 Å². The molecule has 0 saturated heterocycles. The van der Waals surface area contributed by atoms with E-state index in [0.717, 1.165) is 0 Å². The smallest absolute Gasteiger partial charge is 0.134 e. The minimum absolute atomic E-state index is 0.0411. The fraction of sp³-hybridized carbons (Fsp3) is 0.538. The molecule has 96 valence electrons. The molecule has 1 aromatic carbocycles. The van der Waals surface area contributed by atoms with Crippen LogP contribution >= 0.6 is 0 Å². The fourth-order valence-corrected chi connectivity index (χ4v) is 1.64. The summed E-state index contributed by atoms with van der Waals surface area (Å²) in [7, 11) is 1.56. The highest BCUT2D eigenvalue weighted by molar-refractivity contribution is 5.28. The normalized spacial score (nSPS) is 14.7. The first-order valence-electron chi connectivity index (χ1n) is 5.62. The quantitative estimate of drug-likeness (QED) is 0.862. The molecule has 4 heteroatoms. The lowest BCUT2D eigenvalue weighted by atomic mass is 10.00. The van der Waals surface area contributed by atoms with Crippen molar-refractivity contribution in [3.63, 3.8) is 0 Å². The van der Waals surface area contributed by atoms with E-state index in [1.54, 1.807) is 14.0 Å². The molecule has 0 radical (unpaired) electrons. The number of aliphatic hydroxyl groups is 1. The number of benzene rings is 1. The van der Waals surface area contributed by atoms with Gasteiger partial charge in [-0.25, -0.2) is 8.78 Å². The molecule has 2 unspecified atom stereocenters. The van der Waals surface area contributed by atoms with E-state index in [9.17, 15) is 13.9 Å². The van der Waals surface area contributed by atoms with Crippen molar-refractivity contribution in [1.29, 1.82) is 0 Å². The summed E-state index contributed by atoms with van der Waals surface area (Å²) in [6.07, 6.45) is -0.357. The van der Waals surface area contributed by atoms with Crippen molar-refractivity contribution in [2.75, 3.05) is 7.11 Å². The molecule has 1 rings (SSSR count). The van der Waals surface area contributed by atoms with Gasteiger partial charge >= 0.3 is 0 Å². The molecule has 1 N–H and O–H groups in total. The maximum absolute atomic E-state index is 13.7. The number of aliphatic hydroxyl groups excluding tert-OH is 1. The molecular weight excluding hydrogens is 226 g/mol. The molecule has 0 aromatic heterocycles. The van der Waals surface area contributed by atoms with Gasteiger partial charge in [0, 0.05) is 7.11 Å². The zero-order valence-corrected chi connectivity index (χ0v) is 10.3. The van der Waals surface area contributed by atoms with E-state index in [1.807, 2.05) is 6.92 Å². The molecule has 0 spiro atoms. The minimum Gasteiger partial charge on any atom is -0.388 e. The van der Waals surface area contributed by atoms with Crippen LogP contribution < -0.4 is 0 Å². The van der Waals surface area contributed by atoms with Crippen LogP contribution in [-0.4, -0.2) is 18.3 Å². The van der Waals surface area contributed by atoms with Gasteiger partial charge in [0.25, 0.3) is 0 Å². The Labute approximate surface area is 100 Å². The van der Waals surface area contributed by atoms with Crippen molar-refractivity contribution >= 4 is 0 Å². The van der Waals surface area contributed by atoms with Crippen LogP contribution in [0.15, 0.2) is 12.1 Å². The van der Waals surface area contributed by atoms with Gasteiger partial charge in [0.2, 0.25) is 0 Å². The van der Waals surface area contributed by atoms with E-state index in [1.165, 1.54) is 12.1 Å². The zero-order chi connectivity index (χ0) is 13.0. The third-order valence-corrected chi connectivity index (χ3v) is 2.90.